The fourth-order valence-corrected chi connectivity index (χ4v) is 2.82. The summed E-state index contributed by atoms with van der Waals surface area (Å²) < 4.78 is 17.8. The first-order valence-electron chi connectivity index (χ1n) is 8.77. The summed E-state index contributed by atoms with van der Waals surface area (Å²) >= 11 is 0. The van der Waals surface area contributed by atoms with Crippen molar-refractivity contribution >= 4 is 18.9 Å². The molecule has 7 heteroatoms. The van der Waals surface area contributed by atoms with E-state index >= 15 is 0 Å². The summed E-state index contributed by atoms with van der Waals surface area (Å²) in [7, 11) is -0.653. The molecule has 1 fully saturated rings. The number of rotatable bonds is 4. The van der Waals surface area contributed by atoms with Gasteiger partial charge in [-0.05, 0) is 63.5 Å². The third-order valence-electron chi connectivity index (χ3n) is 5.16. The van der Waals surface area contributed by atoms with Gasteiger partial charge in [0.15, 0.2) is 0 Å². The highest BCUT2D eigenvalue weighted by Gasteiger charge is 2.52. The first-order chi connectivity index (χ1) is 13.2. The van der Waals surface area contributed by atoms with E-state index in [1.165, 1.54) is 12.1 Å². The van der Waals surface area contributed by atoms with Gasteiger partial charge >= 0.3 is 7.12 Å². The van der Waals surface area contributed by atoms with E-state index in [-0.39, 0.29) is 11.1 Å². The number of carbonyl (C=O) groups excluding carboxylic acids is 1. The van der Waals surface area contributed by atoms with Gasteiger partial charge in [0.25, 0.3) is 0 Å². The third-order valence-corrected chi connectivity index (χ3v) is 5.16. The Morgan fingerprint density at radius 2 is 1.50 bits per heavy atom. The minimum atomic E-state index is -0.653. The highest BCUT2D eigenvalue weighted by molar-refractivity contribution is 6.63. The summed E-state index contributed by atoms with van der Waals surface area (Å²) in [5.74, 6) is 0.826. The number of carbonyl (C=O) groups is 1. The van der Waals surface area contributed by atoms with Crippen LogP contribution in [0.15, 0.2) is 36.4 Å². The van der Waals surface area contributed by atoms with Gasteiger partial charge < -0.3 is 14.0 Å². The molecule has 0 bridgehead atoms. The van der Waals surface area contributed by atoms with Crippen LogP contribution in [0.1, 0.15) is 49.2 Å². The number of aldehydes is 1. The second-order valence-corrected chi connectivity index (χ2v) is 7.53. The number of hydrogen-bond donors (Lipinski definition) is 0. The van der Waals surface area contributed by atoms with E-state index in [2.05, 4.69) is 0 Å². The molecule has 0 N–H and O–H groups in total. The van der Waals surface area contributed by atoms with Crippen molar-refractivity contribution < 1.29 is 18.8 Å². The van der Waals surface area contributed by atoms with Gasteiger partial charge in [-0.1, -0.05) is 6.07 Å². The molecule has 1 saturated heterocycles. The lowest BCUT2D eigenvalue weighted by Crippen LogP contribution is -2.41. The van der Waals surface area contributed by atoms with Crippen LogP contribution in [-0.2, 0) is 9.31 Å². The Balaban J connectivity index is 1.88. The zero-order chi connectivity index (χ0) is 20.5. The molecule has 1 heterocycles. The van der Waals surface area contributed by atoms with Gasteiger partial charge in [0.1, 0.15) is 29.9 Å². The van der Waals surface area contributed by atoms with Gasteiger partial charge in [-0.2, -0.15) is 10.5 Å². The molecular formula is C21H19BN2O4. The van der Waals surface area contributed by atoms with E-state index in [1.54, 1.807) is 24.3 Å². The van der Waals surface area contributed by atoms with Crippen LogP contribution < -0.4 is 10.2 Å². The van der Waals surface area contributed by atoms with Crippen molar-refractivity contribution in [3.05, 3.63) is 53.1 Å². The average molecular weight is 374 g/mol. The Bertz CT molecular complexity index is 1000. The molecule has 0 saturated carbocycles. The van der Waals surface area contributed by atoms with Gasteiger partial charge in [0, 0.05) is 5.56 Å². The smallest absolute Gasteiger partial charge is 0.457 e. The van der Waals surface area contributed by atoms with Crippen molar-refractivity contribution in [3.63, 3.8) is 0 Å². The first kappa shape index (κ1) is 19.6. The summed E-state index contributed by atoms with van der Waals surface area (Å²) in [4.78, 5) is 11.6. The van der Waals surface area contributed by atoms with E-state index in [4.69, 9.17) is 24.6 Å². The van der Waals surface area contributed by atoms with Gasteiger partial charge in [-0.25, -0.2) is 0 Å². The molecule has 2 aromatic carbocycles. The third kappa shape index (κ3) is 3.51. The molecule has 0 atom stereocenters. The zero-order valence-corrected chi connectivity index (χ0v) is 16.1. The minimum absolute atomic E-state index is 0.226. The molecule has 2 aromatic rings. The molecule has 0 amide bonds. The molecule has 0 aliphatic carbocycles. The Kier molecular flexibility index (Phi) is 5.00. The maximum atomic E-state index is 11.6. The molecule has 0 unspecified atom stereocenters. The highest BCUT2D eigenvalue weighted by Crippen LogP contribution is 2.37. The molecule has 1 aliphatic heterocycles. The normalized spacial score (nSPS) is 16.9. The second-order valence-electron chi connectivity index (χ2n) is 7.53. The maximum absolute atomic E-state index is 11.6. The first-order valence-corrected chi connectivity index (χ1v) is 8.77. The van der Waals surface area contributed by atoms with Crippen LogP contribution in [0.25, 0.3) is 0 Å². The van der Waals surface area contributed by atoms with Crippen molar-refractivity contribution in [2.24, 2.45) is 0 Å². The topological polar surface area (TPSA) is 92.3 Å². The Hall–Kier alpha value is -3.13. The van der Waals surface area contributed by atoms with Crippen LogP contribution in [0.2, 0.25) is 0 Å². The number of hydrogen-bond acceptors (Lipinski definition) is 6. The standard InChI is InChI=1S/C21H19BN2O4/c1-20(2)21(3,4)28-22(27-20)19-8-7-18(10-16(19)13-25)26-17-6-5-14(11-23)15(9-17)12-24/h5-10,13H,1-4H3. The number of nitriles is 2. The van der Waals surface area contributed by atoms with Crippen molar-refractivity contribution in [1.29, 1.82) is 10.5 Å². The van der Waals surface area contributed by atoms with E-state index < -0.39 is 18.3 Å². The van der Waals surface area contributed by atoms with Crippen LogP contribution in [0, 0.1) is 22.7 Å². The lowest BCUT2D eigenvalue weighted by Gasteiger charge is -2.32. The van der Waals surface area contributed by atoms with Gasteiger partial charge in [0.05, 0.1) is 22.3 Å². The molecule has 6 nitrogen and oxygen atoms in total. The molecule has 0 spiro atoms. The zero-order valence-electron chi connectivity index (χ0n) is 16.1. The molecule has 28 heavy (non-hydrogen) atoms. The maximum Gasteiger partial charge on any atom is 0.495 e. The molecular weight excluding hydrogens is 355 g/mol. The Morgan fingerprint density at radius 3 is 2.07 bits per heavy atom. The van der Waals surface area contributed by atoms with Crippen molar-refractivity contribution in [2.45, 2.75) is 38.9 Å². The number of nitrogens with zero attached hydrogens (tertiary/aromatic N) is 2. The summed E-state index contributed by atoms with van der Waals surface area (Å²) in [6, 6.07) is 13.6. The fourth-order valence-electron chi connectivity index (χ4n) is 2.82. The fraction of sp³-hybridized carbons (Fsp3) is 0.286. The van der Waals surface area contributed by atoms with E-state index in [9.17, 15) is 4.79 Å². The van der Waals surface area contributed by atoms with Crippen molar-refractivity contribution in [3.8, 4) is 23.6 Å². The number of benzene rings is 2. The number of ether oxygens (including phenoxy) is 1. The summed E-state index contributed by atoms with van der Waals surface area (Å²) in [6.45, 7) is 7.79. The molecule has 0 radical (unpaired) electrons. The molecule has 140 valence electrons. The highest BCUT2D eigenvalue weighted by atomic mass is 16.7. The average Bonchev–Trinajstić information content (AvgIpc) is 2.88. The van der Waals surface area contributed by atoms with E-state index in [0.717, 1.165) is 6.29 Å². The van der Waals surface area contributed by atoms with Crippen LogP contribution in [0.5, 0.6) is 11.5 Å². The van der Waals surface area contributed by atoms with Crippen molar-refractivity contribution in [2.75, 3.05) is 0 Å². The summed E-state index contributed by atoms with van der Waals surface area (Å²) in [5, 5.41) is 18.1. The molecule has 0 aromatic heterocycles. The lowest BCUT2D eigenvalue weighted by atomic mass is 9.76. The monoisotopic (exact) mass is 374 g/mol. The molecule has 3 rings (SSSR count). The van der Waals surface area contributed by atoms with Gasteiger partial charge in [-0.15, -0.1) is 0 Å². The minimum Gasteiger partial charge on any atom is -0.457 e. The summed E-state index contributed by atoms with van der Waals surface area (Å²) in [5.41, 5.74) is 0.500. The largest absolute Gasteiger partial charge is 0.495 e. The van der Waals surface area contributed by atoms with Crippen LogP contribution >= 0.6 is 0 Å². The second kappa shape index (κ2) is 7.12. The van der Waals surface area contributed by atoms with Crippen LogP contribution in [0.4, 0.5) is 0 Å². The summed E-state index contributed by atoms with van der Waals surface area (Å²) in [6.07, 6.45) is 0.729. The van der Waals surface area contributed by atoms with E-state index in [0.29, 0.717) is 22.5 Å². The van der Waals surface area contributed by atoms with Crippen molar-refractivity contribution in [1.82, 2.24) is 0 Å². The lowest BCUT2D eigenvalue weighted by molar-refractivity contribution is 0.00578. The van der Waals surface area contributed by atoms with Crippen LogP contribution in [0.3, 0.4) is 0 Å². The predicted molar refractivity (Wildman–Crippen MR) is 103 cm³/mol. The SMILES string of the molecule is CC1(C)OB(c2ccc(Oc3ccc(C#N)c(C#N)c3)cc2C=O)OC1(C)C. The van der Waals surface area contributed by atoms with E-state index in [1.807, 2.05) is 39.8 Å². The quantitative estimate of drug-likeness (QED) is 0.602. The van der Waals surface area contributed by atoms with Gasteiger partial charge in [-0.3, -0.25) is 4.79 Å². The Morgan fingerprint density at radius 1 is 0.929 bits per heavy atom. The Labute approximate surface area is 164 Å². The van der Waals surface area contributed by atoms with Crippen LogP contribution in [-0.4, -0.2) is 24.6 Å². The van der Waals surface area contributed by atoms with Gasteiger partial charge in [0.2, 0.25) is 0 Å². The molecule has 1 aliphatic rings. The predicted octanol–water partition coefficient (Wildman–Crippen LogP) is 3.33.